The Morgan fingerprint density at radius 2 is 2.17 bits per heavy atom. The number of nitrogens with zero attached hydrogens (tertiary/aromatic N) is 1. The van der Waals surface area contributed by atoms with Crippen LogP contribution in [0, 0.1) is 17.1 Å². The van der Waals surface area contributed by atoms with Gasteiger partial charge in [-0.2, -0.15) is 5.26 Å². The van der Waals surface area contributed by atoms with E-state index in [9.17, 15) is 9.18 Å². The standard InChI is InChI=1S/C12H6FNO4/c13-8-5-7(6-14)1-2-9(8)17-11-4-3-10(18-11)12(15)16/h1-5H,(H,15,16). The van der Waals surface area contributed by atoms with Crippen molar-refractivity contribution >= 4 is 5.97 Å². The second-order valence-corrected chi connectivity index (χ2v) is 3.28. The van der Waals surface area contributed by atoms with Crippen LogP contribution in [0.5, 0.6) is 11.7 Å². The first-order valence-corrected chi connectivity index (χ1v) is 4.81. The Morgan fingerprint density at radius 1 is 1.39 bits per heavy atom. The number of carboxylic acid groups (broad SMARTS) is 1. The van der Waals surface area contributed by atoms with Crippen molar-refractivity contribution in [3.05, 3.63) is 47.5 Å². The summed E-state index contributed by atoms with van der Waals surface area (Å²) in [5, 5.41) is 17.2. The molecule has 0 saturated heterocycles. The molecule has 0 amide bonds. The van der Waals surface area contributed by atoms with E-state index in [1.165, 1.54) is 24.3 Å². The second-order valence-electron chi connectivity index (χ2n) is 3.28. The first-order chi connectivity index (χ1) is 8.60. The fraction of sp³-hybridized carbons (Fsp3) is 0. The van der Waals surface area contributed by atoms with Crippen LogP contribution in [-0.2, 0) is 0 Å². The number of rotatable bonds is 3. The molecule has 0 unspecified atom stereocenters. The van der Waals surface area contributed by atoms with Gasteiger partial charge in [0.15, 0.2) is 11.6 Å². The fourth-order valence-electron chi connectivity index (χ4n) is 1.25. The summed E-state index contributed by atoms with van der Waals surface area (Å²) in [5.41, 5.74) is 0.158. The van der Waals surface area contributed by atoms with Gasteiger partial charge < -0.3 is 14.3 Å². The van der Waals surface area contributed by atoms with Gasteiger partial charge in [-0.25, -0.2) is 9.18 Å². The number of benzene rings is 1. The van der Waals surface area contributed by atoms with Gasteiger partial charge in [0.05, 0.1) is 11.6 Å². The summed E-state index contributed by atoms with van der Waals surface area (Å²) < 4.78 is 23.3. The van der Waals surface area contributed by atoms with Gasteiger partial charge in [-0.3, -0.25) is 0 Å². The Morgan fingerprint density at radius 3 is 2.72 bits per heavy atom. The number of carboxylic acids is 1. The molecule has 0 spiro atoms. The van der Waals surface area contributed by atoms with Crippen LogP contribution in [0.3, 0.4) is 0 Å². The molecule has 0 bridgehead atoms. The van der Waals surface area contributed by atoms with Crippen molar-refractivity contribution in [2.75, 3.05) is 0 Å². The van der Waals surface area contributed by atoms with Crippen LogP contribution in [-0.4, -0.2) is 11.1 Å². The SMILES string of the molecule is N#Cc1ccc(Oc2ccc(C(=O)O)o2)c(F)c1. The number of nitriles is 1. The molecule has 2 aromatic rings. The summed E-state index contributed by atoms with van der Waals surface area (Å²) in [6.45, 7) is 0. The minimum atomic E-state index is -1.25. The van der Waals surface area contributed by atoms with Gasteiger partial charge in [-0.05, 0) is 24.3 Å². The summed E-state index contributed by atoms with van der Waals surface area (Å²) in [7, 11) is 0. The van der Waals surface area contributed by atoms with Gasteiger partial charge in [0.2, 0.25) is 5.76 Å². The molecule has 1 N–H and O–H groups in total. The van der Waals surface area contributed by atoms with Crippen LogP contribution < -0.4 is 4.74 Å². The number of ether oxygens (including phenoxy) is 1. The van der Waals surface area contributed by atoms with Gasteiger partial charge in [-0.1, -0.05) is 0 Å². The minimum Gasteiger partial charge on any atom is -0.475 e. The van der Waals surface area contributed by atoms with Crippen molar-refractivity contribution in [2.45, 2.75) is 0 Å². The van der Waals surface area contributed by atoms with Crippen molar-refractivity contribution in [1.29, 1.82) is 5.26 Å². The lowest BCUT2D eigenvalue weighted by Gasteiger charge is -2.03. The number of carbonyl (C=O) groups is 1. The van der Waals surface area contributed by atoms with E-state index in [1.54, 1.807) is 6.07 Å². The Kier molecular flexibility index (Phi) is 2.98. The Labute approximate surface area is 101 Å². The number of hydrogen-bond acceptors (Lipinski definition) is 4. The summed E-state index contributed by atoms with van der Waals surface area (Å²) in [5.74, 6) is -2.58. The zero-order valence-corrected chi connectivity index (χ0v) is 8.88. The number of furan rings is 1. The lowest BCUT2D eigenvalue weighted by molar-refractivity contribution is 0.0657. The van der Waals surface area contributed by atoms with Crippen LogP contribution in [0.4, 0.5) is 4.39 Å². The van der Waals surface area contributed by atoms with Gasteiger partial charge in [0, 0.05) is 6.07 Å². The molecule has 5 nitrogen and oxygen atoms in total. The molecule has 1 aromatic heterocycles. The highest BCUT2D eigenvalue weighted by atomic mass is 19.1. The van der Waals surface area contributed by atoms with E-state index in [0.717, 1.165) is 6.07 Å². The summed E-state index contributed by atoms with van der Waals surface area (Å²) in [4.78, 5) is 10.6. The fourth-order valence-corrected chi connectivity index (χ4v) is 1.25. The van der Waals surface area contributed by atoms with Crippen LogP contribution in [0.15, 0.2) is 34.7 Å². The maximum atomic E-state index is 13.5. The highest BCUT2D eigenvalue weighted by Crippen LogP contribution is 2.26. The largest absolute Gasteiger partial charge is 0.475 e. The highest BCUT2D eigenvalue weighted by Gasteiger charge is 2.12. The molecule has 90 valence electrons. The quantitative estimate of drug-likeness (QED) is 0.901. The molecule has 1 aromatic carbocycles. The molecule has 18 heavy (non-hydrogen) atoms. The van der Waals surface area contributed by atoms with Crippen LogP contribution >= 0.6 is 0 Å². The van der Waals surface area contributed by atoms with Crippen molar-refractivity contribution < 1.29 is 23.4 Å². The third-order valence-corrected chi connectivity index (χ3v) is 2.06. The maximum Gasteiger partial charge on any atom is 0.371 e. The summed E-state index contributed by atoms with van der Waals surface area (Å²) >= 11 is 0. The lowest BCUT2D eigenvalue weighted by Crippen LogP contribution is -1.92. The molecule has 0 aliphatic rings. The van der Waals surface area contributed by atoms with Gasteiger partial charge in [-0.15, -0.1) is 0 Å². The smallest absolute Gasteiger partial charge is 0.371 e. The van der Waals surface area contributed by atoms with Crippen LogP contribution in [0.2, 0.25) is 0 Å². The predicted octanol–water partition coefficient (Wildman–Crippen LogP) is 2.78. The van der Waals surface area contributed by atoms with Crippen molar-refractivity contribution in [3.63, 3.8) is 0 Å². The second kappa shape index (κ2) is 4.59. The van der Waals surface area contributed by atoms with Crippen molar-refractivity contribution in [2.24, 2.45) is 0 Å². The van der Waals surface area contributed by atoms with Crippen LogP contribution in [0.1, 0.15) is 16.1 Å². The zero-order chi connectivity index (χ0) is 13.1. The molecule has 0 radical (unpaired) electrons. The van der Waals surface area contributed by atoms with Crippen LogP contribution in [0.25, 0.3) is 0 Å². The topological polar surface area (TPSA) is 83.5 Å². The Hall–Kier alpha value is -2.81. The average Bonchev–Trinajstić information content (AvgIpc) is 2.80. The molecule has 0 atom stereocenters. The Balaban J connectivity index is 2.23. The minimum absolute atomic E-state index is 0.143. The van der Waals surface area contributed by atoms with E-state index in [2.05, 4.69) is 0 Å². The number of aromatic carboxylic acids is 1. The van der Waals surface area contributed by atoms with Gasteiger partial charge in [0.25, 0.3) is 5.95 Å². The van der Waals surface area contributed by atoms with E-state index in [0.29, 0.717) is 0 Å². The first kappa shape index (κ1) is 11.7. The molecule has 6 heteroatoms. The molecule has 0 fully saturated rings. The maximum absolute atomic E-state index is 13.5. The number of halogens is 1. The van der Waals surface area contributed by atoms with Crippen molar-refractivity contribution in [1.82, 2.24) is 0 Å². The summed E-state index contributed by atoms with van der Waals surface area (Å²) in [6.07, 6.45) is 0. The molecule has 0 aliphatic heterocycles. The lowest BCUT2D eigenvalue weighted by atomic mass is 10.2. The van der Waals surface area contributed by atoms with E-state index in [4.69, 9.17) is 19.5 Å². The molecular formula is C12H6FNO4. The average molecular weight is 247 g/mol. The molecule has 0 saturated carbocycles. The normalized spacial score (nSPS) is 9.78. The molecule has 0 aliphatic carbocycles. The molecule has 1 heterocycles. The molecule has 2 rings (SSSR count). The first-order valence-electron chi connectivity index (χ1n) is 4.81. The summed E-state index contributed by atoms with van der Waals surface area (Å²) in [6, 6.07) is 7.89. The third kappa shape index (κ3) is 2.30. The monoisotopic (exact) mass is 247 g/mol. The Bertz CT molecular complexity index is 642. The molecular weight excluding hydrogens is 241 g/mol. The van der Waals surface area contributed by atoms with Crippen molar-refractivity contribution in [3.8, 4) is 17.8 Å². The highest BCUT2D eigenvalue weighted by molar-refractivity contribution is 5.84. The van der Waals surface area contributed by atoms with E-state index >= 15 is 0 Å². The van der Waals surface area contributed by atoms with Gasteiger partial charge >= 0.3 is 5.97 Å². The van der Waals surface area contributed by atoms with E-state index in [1.807, 2.05) is 0 Å². The zero-order valence-electron chi connectivity index (χ0n) is 8.88. The van der Waals surface area contributed by atoms with E-state index in [-0.39, 0.29) is 23.0 Å². The van der Waals surface area contributed by atoms with Gasteiger partial charge in [0.1, 0.15) is 0 Å². The predicted molar refractivity (Wildman–Crippen MR) is 56.9 cm³/mol. The number of hydrogen-bond donors (Lipinski definition) is 1. The third-order valence-electron chi connectivity index (χ3n) is 2.06. The van der Waals surface area contributed by atoms with E-state index < -0.39 is 11.8 Å².